The predicted molar refractivity (Wildman–Crippen MR) is 77.5 cm³/mol. The first-order valence-electron chi connectivity index (χ1n) is 8.36. The van der Waals surface area contributed by atoms with E-state index >= 15 is 0 Å². The minimum Gasteiger partial charge on any atom is -0.393 e. The van der Waals surface area contributed by atoms with Crippen LogP contribution in [0.1, 0.15) is 78.1 Å². The quantitative estimate of drug-likeness (QED) is 0.717. The second-order valence-electron chi connectivity index (χ2n) is 7.16. The molecule has 0 saturated heterocycles. The molecule has 1 N–H and O–H groups in total. The van der Waals surface area contributed by atoms with Gasteiger partial charge in [0, 0.05) is 0 Å². The van der Waals surface area contributed by atoms with E-state index < -0.39 is 0 Å². The number of aliphatic hydroxyl groups excluding tert-OH is 1. The second-order valence-corrected chi connectivity index (χ2v) is 7.16. The molecule has 0 aromatic rings. The van der Waals surface area contributed by atoms with Crippen LogP contribution < -0.4 is 0 Å². The van der Waals surface area contributed by atoms with E-state index in [1.807, 2.05) is 0 Å². The van der Waals surface area contributed by atoms with Crippen molar-refractivity contribution in [3.63, 3.8) is 0 Å². The Morgan fingerprint density at radius 1 is 0.667 bits per heavy atom. The van der Waals surface area contributed by atoms with Crippen molar-refractivity contribution in [3.8, 4) is 0 Å². The van der Waals surface area contributed by atoms with Crippen molar-refractivity contribution in [2.75, 3.05) is 0 Å². The normalized spacial score (nSPS) is 33.3. The molecule has 0 aromatic carbocycles. The molecule has 1 heteroatoms. The summed E-state index contributed by atoms with van der Waals surface area (Å²) in [5.74, 6) is 2.99. The summed E-state index contributed by atoms with van der Waals surface area (Å²) < 4.78 is 0. The number of hydrogen-bond acceptors (Lipinski definition) is 1. The maximum absolute atomic E-state index is 10.6. The summed E-state index contributed by atoms with van der Waals surface area (Å²) in [6.07, 6.45) is 13.3. The van der Waals surface area contributed by atoms with Gasteiger partial charge in [-0.15, -0.1) is 0 Å². The Hall–Kier alpha value is -0.0400. The third kappa shape index (κ3) is 3.73. The molecule has 0 bridgehead atoms. The van der Waals surface area contributed by atoms with Crippen LogP contribution in [-0.2, 0) is 0 Å². The van der Waals surface area contributed by atoms with Gasteiger partial charge < -0.3 is 5.11 Å². The van der Waals surface area contributed by atoms with Crippen LogP contribution in [0.25, 0.3) is 0 Å². The summed E-state index contributed by atoms with van der Waals surface area (Å²) >= 11 is 0. The van der Waals surface area contributed by atoms with Gasteiger partial charge in [-0.25, -0.2) is 0 Å². The van der Waals surface area contributed by atoms with Crippen molar-refractivity contribution in [2.45, 2.75) is 84.2 Å². The lowest BCUT2D eigenvalue weighted by molar-refractivity contribution is 0.0167. The zero-order valence-electron chi connectivity index (χ0n) is 12.4. The monoisotopic (exact) mass is 252 g/mol. The van der Waals surface area contributed by atoms with Crippen molar-refractivity contribution in [3.05, 3.63) is 0 Å². The number of rotatable bonds is 3. The van der Waals surface area contributed by atoms with Gasteiger partial charge in [0.1, 0.15) is 0 Å². The maximum Gasteiger partial charge on any atom is 0.0596 e. The minimum absolute atomic E-state index is 0.0104. The van der Waals surface area contributed by atoms with Gasteiger partial charge >= 0.3 is 0 Å². The summed E-state index contributed by atoms with van der Waals surface area (Å²) in [7, 11) is 0. The summed E-state index contributed by atoms with van der Waals surface area (Å²) in [5, 5.41) is 10.6. The molecule has 2 aliphatic carbocycles. The molecule has 0 radical (unpaired) electrons. The van der Waals surface area contributed by atoms with Crippen LogP contribution in [0.4, 0.5) is 0 Å². The van der Waals surface area contributed by atoms with Crippen LogP contribution >= 0.6 is 0 Å². The van der Waals surface area contributed by atoms with E-state index in [0.29, 0.717) is 11.8 Å². The zero-order chi connectivity index (χ0) is 13.0. The van der Waals surface area contributed by atoms with E-state index in [1.165, 1.54) is 64.2 Å². The summed E-state index contributed by atoms with van der Waals surface area (Å²) in [6.45, 7) is 4.71. The van der Waals surface area contributed by atoms with Crippen LogP contribution in [-0.4, -0.2) is 11.2 Å². The summed E-state index contributed by atoms with van der Waals surface area (Å²) in [4.78, 5) is 0. The molecule has 2 rings (SSSR count). The van der Waals surface area contributed by atoms with E-state index in [0.717, 1.165) is 11.8 Å². The summed E-state index contributed by atoms with van der Waals surface area (Å²) in [6, 6.07) is 0. The highest BCUT2D eigenvalue weighted by Gasteiger charge is 2.32. The van der Waals surface area contributed by atoms with Crippen molar-refractivity contribution >= 4 is 0 Å². The van der Waals surface area contributed by atoms with Crippen molar-refractivity contribution < 1.29 is 5.11 Å². The van der Waals surface area contributed by atoms with Crippen LogP contribution in [0.5, 0.6) is 0 Å². The molecule has 0 aliphatic heterocycles. The summed E-state index contributed by atoms with van der Waals surface area (Å²) in [5.41, 5.74) is 0. The van der Waals surface area contributed by atoms with Gasteiger partial charge in [-0.1, -0.05) is 39.5 Å². The molecule has 0 spiro atoms. The third-order valence-corrected chi connectivity index (χ3v) is 5.63. The van der Waals surface area contributed by atoms with E-state index in [4.69, 9.17) is 0 Å². The van der Waals surface area contributed by atoms with Crippen molar-refractivity contribution in [2.24, 2.45) is 23.7 Å². The molecular formula is C17H32O. The van der Waals surface area contributed by atoms with Gasteiger partial charge in [0.05, 0.1) is 6.10 Å². The van der Waals surface area contributed by atoms with Gasteiger partial charge in [-0.2, -0.15) is 0 Å². The number of aliphatic hydroxyl groups is 1. The molecule has 0 heterocycles. The molecular weight excluding hydrogens is 220 g/mol. The van der Waals surface area contributed by atoms with Crippen LogP contribution in [0, 0.1) is 23.7 Å². The Bertz CT molecular complexity index is 220. The van der Waals surface area contributed by atoms with Gasteiger partial charge in [0.2, 0.25) is 0 Å². The Balaban J connectivity index is 1.80. The minimum atomic E-state index is 0.0104. The van der Waals surface area contributed by atoms with Crippen molar-refractivity contribution in [1.82, 2.24) is 0 Å². The fourth-order valence-electron chi connectivity index (χ4n) is 4.19. The molecule has 0 amide bonds. The standard InChI is InChI=1S/C17H32O/c1-13(2)14-9-11-16(12-10-14)17(18)15-7-5-3-4-6-8-15/h13-18H,3-12H2,1-2H3. The molecule has 1 atom stereocenters. The van der Waals surface area contributed by atoms with Crippen LogP contribution in [0.3, 0.4) is 0 Å². The van der Waals surface area contributed by atoms with E-state index in [1.54, 1.807) is 0 Å². The molecule has 106 valence electrons. The average molecular weight is 252 g/mol. The highest BCUT2D eigenvalue weighted by Crippen LogP contribution is 2.38. The first-order chi connectivity index (χ1) is 8.68. The Morgan fingerprint density at radius 2 is 1.11 bits per heavy atom. The molecule has 0 aromatic heterocycles. The van der Waals surface area contributed by atoms with E-state index in [2.05, 4.69) is 13.8 Å². The van der Waals surface area contributed by atoms with Crippen LogP contribution in [0.2, 0.25) is 0 Å². The third-order valence-electron chi connectivity index (χ3n) is 5.63. The fourth-order valence-corrected chi connectivity index (χ4v) is 4.19. The lowest BCUT2D eigenvalue weighted by atomic mass is 9.72. The van der Waals surface area contributed by atoms with Gasteiger partial charge in [-0.05, 0) is 62.2 Å². The Morgan fingerprint density at radius 3 is 1.61 bits per heavy atom. The SMILES string of the molecule is CC(C)C1CCC(C(O)C2CCCCCC2)CC1. The molecule has 18 heavy (non-hydrogen) atoms. The zero-order valence-corrected chi connectivity index (χ0v) is 12.4. The average Bonchev–Trinajstić information content (AvgIpc) is 2.67. The van der Waals surface area contributed by atoms with Crippen molar-refractivity contribution in [1.29, 1.82) is 0 Å². The van der Waals surface area contributed by atoms with Gasteiger partial charge in [-0.3, -0.25) is 0 Å². The molecule has 2 saturated carbocycles. The van der Waals surface area contributed by atoms with Crippen LogP contribution in [0.15, 0.2) is 0 Å². The van der Waals surface area contributed by atoms with Gasteiger partial charge in [0.15, 0.2) is 0 Å². The highest BCUT2D eigenvalue weighted by molar-refractivity contribution is 4.83. The smallest absolute Gasteiger partial charge is 0.0596 e. The van der Waals surface area contributed by atoms with E-state index in [9.17, 15) is 5.11 Å². The molecule has 1 unspecified atom stereocenters. The molecule has 2 fully saturated rings. The highest BCUT2D eigenvalue weighted by atomic mass is 16.3. The second kappa shape index (κ2) is 6.93. The van der Waals surface area contributed by atoms with E-state index in [-0.39, 0.29) is 6.10 Å². The lowest BCUT2D eigenvalue weighted by Crippen LogP contribution is -2.32. The topological polar surface area (TPSA) is 20.2 Å². The Kier molecular flexibility index (Phi) is 5.54. The first kappa shape index (κ1) is 14.4. The first-order valence-corrected chi connectivity index (χ1v) is 8.36. The largest absolute Gasteiger partial charge is 0.393 e. The number of hydrogen-bond donors (Lipinski definition) is 1. The van der Waals surface area contributed by atoms with Gasteiger partial charge in [0.25, 0.3) is 0 Å². The molecule has 1 nitrogen and oxygen atoms in total. The fraction of sp³-hybridized carbons (Fsp3) is 1.00. The Labute approximate surface area is 113 Å². The predicted octanol–water partition coefficient (Wildman–Crippen LogP) is 4.78. The lowest BCUT2D eigenvalue weighted by Gasteiger charge is -2.36. The maximum atomic E-state index is 10.6. The molecule has 2 aliphatic rings.